The number of hydrogen-bond acceptors (Lipinski definition) is 2. The van der Waals surface area contributed by atoms with Crippen molar-refractivity contribution in [3.05, 3.63) is 95.8 Å². The molecule has 0 heterocycles. The number of ether oxygens (including phenoxy) is 1. The topological polar surface area (TPSA) is 29.5 Å². The molecule has 0 N–H and O–H groups in total. The second-order valence-electron chi connectivity index (χ2n) is 6.38. The average molecular weight is 363 g/mol. The second kappa shape index (κ2) is 8.49. The molecule has 0 radical (unpaired) electrons. The van der Waals surface area contributed by atoms with Crippen LogP contribution < -0.4 is 9.64 Å². The predicted molar refractivity (Wildman–Crippen MR) is 105 cm³/mol. The maximum Gasteiger partial charge on any atom is 0.224 e. The first-order valence-electron chi connectivity index (χ1n) is 8.86. The molecule has 0 bridgehead atoms. The van der Waals surface area contributed by atoms with Crippen molar-refractivity contribution in [1.82, 2.24) is 0 Å². The van der Waals surface area contributed by atoms with Gasteiger partial charge in [0.25, 0.3) is 0 Å². The van der Waals surface area contributed by atoms with Gasteiger partial charge in [-0.2, -0.15) is 0 Å². The van der Waals surface area contributed by atoms with Crippen molar-refractivity contribution in [3.8, 4) is 5.75 Å². The van der Waals surface area contributed by atoms with Gasteiger partial charge in [-0.3, -0.25) is 4.79 Å². The molecule has 1 amide bonds. The van der Waals surface area contributed by atoms with Gasteiger partial charge >= 0.3 is 0 Å². The van der Waals surface area contributed by atoms with Gasteiger partial charge in [0.15, 0.2) is 0 Å². The van der Waals surface area contributed by atoms with Crippen molar-refractivity contribution in [2.75, 3.05) is 4.90 Å². The first-order valence-corrected chi connectivity index (χ1v) is 8.86. The van der Waals surface area contributed by atoms with Gasteiger partial charge in [0.2, 0.25) is 5.91 Å². The molecule has 0 unspecified atom stereocenters. The summed E-state index contributed by atoms with van der Waals surface area (Å²) in [6, 6.07) is 23.4. The van der Waals surface area contributed by atoms with Gasteiger partial charge in [-0.1, -0.05) is 42.5 Å². The minimum Gasteiger partial charge on any atom is -0.489 e. The molecule has 0 spiro atoms. The van der Waals surface area contributed by atoms with Gasteiger partial charge in [0.05, 0.1) is 6.04 Å². The van der Waals surface area contributed by atoms with Gasteiger partial charge in [0.1, 0.15) is 18.2 Å². The zero-order chi connectivity index (χ0) is 19.2. The summed E-state index contributed by atoms with van der Waals surface area (Å²) >= 11 is 0. The van der Waals surface area contributed by atoms with E-state index >= 15 is 0 Å². The van der Waals surface area contributed by atoms with E-state index in [4.69, 9.17) is 4.74 Å². The smallest absolute Gasteiger partial charge is 0.224 e. The number of carbonyl (C=O) groups excluding carboxylic acids is 1. The Kier molecular flexibility index (Phi) is 5.87. The molecule has 0 saturated heterocycles. The summed E-state index contributed by atoms with van der Waals surface area (Å²) in [5.74, 6) is 0.347. The lowest BCUT2D eigenvalue weighted by molar-refractivity contribution is -0.117. The second-order valence-corrected chi connectivity index (χ2v) is 6.38. The quantitative estimate of drug-likeness (QED) is 0.577. The number of anilines is 1. The third kappa shape index (κ3) is 4.73. The summed E-state index contributed by atoms with van der Waals surface area (Å²) in [7, 11) is 0. The third-order valence-electron chi connectivity index (χ3n) is 4.44. The molecular weight excluding hydrogens is 341 g/mol. The van der Waals surface area contributed by atoms with E-state index in [1.807, 2.05) is 61.5 Å². The van der Waals surface area contributed by atoms with Crippen LogP contribution in [0.2, 0.25) is 0 Å². The zero-order valence-corrected chi connectivity index (χ0v) is 15.4. The van der Waals surface area contributed by atoms with E-state index in [-0.39, 0.29) is 17.8 Å². The molecule has 138 valence electrons. The van der Waals surface area contributed by atoms with Crippen LogP contribution in [0.15, 0.2) is 78.9 Å². The first-order chi connectivity index (χ1) is 13.0. The number of halogens is 1. The van der Waals surface area contributed by atoms with Gasteiger partial charge in [0, 0.05) is 12.6 Å². The molecule has 4 heteroatoms. The lowest BCUT2D eigenvalue weighted by atomic mass is 10.1. The molecule has 3 aromatic carbocycles. The van der Waals surface area contributed by atoms with Gasteiger partial charge in [-0.05, 0) is 54.4 Å². The fraction of sp³-hybridized carbons (Fsp3) is 0.174. The van der Waals surface area contributed by atoms with Crippen LogP contribution in [0.3, 0.4) is 0 Å². The van der Waals surface area contributed by atoms with Crippen LogP contribution in [0.5, 0.6) is 5.75 Å². The minimum absolute atomic E-state index is 0.0986. The molecule has 0 aromatic heterocycles. The highest BCUT2D eigenvalue weighted by Gasteiger charge is 2.20. The van der Waals surface area contributed by atoms with Crippen molar-refractivity contribution in [3.63, 3.8) is 0 Å². The van der Waals surface area contributed by atoms with Crippen LogP contribution in [-0.2, 0) is 11.4 Å². The molecule has 0 aliphatic rings. The Morgan fingerprint density at radius 2 is 1.59 bits per heavy atom. The maximum absolute atomic E-state index is 13.2. The summed E-state index contributed by atoms with van der Waals surface area (Å²) < 4.78 is 19.0. The largest absolute Gasteiger partial charge is 0.489 e. The standard InChI is InChI=1S/C23H22FNO2/c1-17(25(18(2)26)22-12-10-21(24)11-13-22)20-8-14-23(15-9-20)27-16-19-6-4-3-5-7-19/h3-15,17H,16H2,1-2H3/t17-/m0/s1. The molecular formula is C23H22FNO2. The van der Waals surface area contributed by atoms with Crippen molar-refractivity contribution >= 4 is 11.6 Å². The van der Waals surface area contributed by atoms with Crippen molar-refractivity contribution in [2.45, 2.75) is 26.5 Å². The number of hydrogen-bond donors (Lipinski definition) is 0. The monoisotopic (exact) mass is 363 g/mol. The van der Waals surface area contributed by atoms with Crippen LogP contribution in [0, 0.1) is 5.82 Å². The van der Waals surface area contributed by atoms with E-state index in [2.05, 4.69) is 0 Å². The van der Waals surface area contributed by atoms with Gasteiger partial charge in [-0.25, -0.2) is 4.39 Å². The fourth-order valence-electron chi connectivity index (χ4n) is 3.01. The van der Waals surface area contributed by atoms with Crippen LogP contribution in [0.1, 0.15) is 31.0 Å². The molecule has 3 rings (SSSR count). The molecule has 0 saturated carbocycles. The number of carbonyl (C=O) groups is 1. The highest BCUT2D eigenvalue weighted by Crippen LogP contribution is 2.28. The van der Waals surface area contributed by atoms with Crippen LogP contribution in [0.25, 0.3) is 0 Å². The summed E-state index contributed by atoms with van der Waals surface area (Å²) in [4.78, 5) is 13.8. The maximum atomic E-state index is 13.2. The summed E-state index contributed by atoms with van der Waals surface area (Å²) in [5, 5.41) is 0. The van der Waals surface area contributed by atoms with E-state index in [1.165, 1.54) is 19.1 Å². The fourth-order valence-corrected chi connectivity index (χ4v) is 3.01. The molecule has 0 aliphatic carbocycles. The summed E-state index contributed by atoms with van der Waals surface area (Å²) in [6.45, 7) is 3.96. The number of rotatable bonds is 6. The Morgan fingerprint density at radius 1 is 0.963 bits per heavy atom. The molecule has 0 fully saturated rings. The zero-order valence-electron chi connectivity index (χ0n) is 15.4. The average Bonchev–Trinajstić information content (AvgIpc) is 2.69. The van der Waals surface area contributed by atoms with Crippen LogP contribution in [-0.4, -0.2) is 5.91 Å². The molecule has 3 aromatic rings. The first kappa shape index (κ1) is 18.6. The third-order valence-corrected chi connectivity index (χ3v) is 4.44. The SMILES string of the molecule is CC(=O)N(c1ccc(F)cc1)[C@@H](C)c1ccc(OCc2ccccc2)cc1. The van der Waals surface area contributed by atoms with E-state index in [0.717, 1.165) is 16.9 Å². The number of benzene rings is 3. The normalized spacial score (nSPS) is 11.7. The Bertz CT molecular complexity index is 877. The van der Waals surface area contributed by atoms with Crippen LogP contribution >= 0.6 is 0 Å². The predicted octanol–water partition coefficient (Wildman–Crippen LogP) is 5.52. The van der Waals surface area contributed by atoms with Gasteiger partial charge < -0.3 is 9.64 Å². The number of amides is 1. The summed E-state index contributed by atoms with van der Waals surface area (Å²) in [6.07, 6.45) is 0. The Balaban J connectivity index is 1.72. The molecule has 27 heavy (non-hydrogen) atoms. The highest BCUT2D eigenvalue weighted by molar-refractivity contribution is 5.92. The minimum atomic E-state index is -0.324. The molecule has 0 aliphatic heterocycles. The van der Waals surface area contributed by atoms with Crippen molar-refractivity contribution in [2.24, 2.45) is 0 Å². The van der Waals surface area contributed by atoms with Crippen molar-refractivity contribution < 1.29 is 13.9 Å². The van der Waals surface area contributed by atoms with Gasteiger partial charge in [-0.15, -0.1) is 0 Å². The Labute approximate surface area is 159 Å². The lowest BCUT2D eigenvalue weighted by Crippen LogP contribution is -2.31. The lowest BCUT2D eigenvalue weighted by Gasteiger charge is -2.28. The number of nitrogens with zero attached hydrogens (tertiary/aromatic N) is 1. The van der Waals surface area contributed by atoms with E-state index in [1.54, 1.807) is 17.0 Å². The summed E-state index contributed by atoms with van der Waals surface area (Å²) in [5.41, 5.74) is 2.75. The molecule has 1 atom stereocenters. The van der Waals surface area contributed by atoms with Crippen LogP contribution in [0.4, 0.5) is 10.1 Å². The van der Waals surface area contributed by atoms with Crippen molar-refractivity contribution in [1.29, 1.82) is 0 Å². The Hall–Kier alpha value is -3.14. The van der Waals surface area contributed by atoms with E-state index in [9.17, 15) is 9.18 Å². The van der Waals surface area contributed by atoms with E-state index in [0.29, 0.717) is 12.3 Å². The molecule has 3 nitrogen and oxygen atoms in total. The Morgan fingerprint density at radius 3 is 2.19 bits per heavy atom. The van der Waals surface area contributed by atoms with E-state index < -0.39 is 0 Å². The highest BCUT2D eigenvalue weighted by atomic mass is 19.1.